The van der Waals surface area contributed by atoms with Crippen molar-refractivity contribution in [2.75, 3.05) is 11.9 Å². The first-order chi connectivity index (χ1) is 9.03. The Morgan fingerprint density at radius 1 is 1.35 bits per heavy atom. The molecule has 0 aliphatic carbocycles. The number of rotatable bonds is 2. The van der Waals surface area contributed by atoms with Gasteiger partial charge in [0, 0.05) is 19.2 Å². The molecule has 20 heavy (non-hydrogen) atoms. The van der Waals surface area contributed by atoms with Crippen molar-refractivity contribution in [1.29, 1.82) is 0 Å². The molecule has 0 bridgehead atoms. The third-order valence-corrected chi connectivity index (χ3v) is 2.22. The lowest BCUT2D eigenvalue weighted by Gasteiger charge is -2.24. The number of halogens is 2. The van der Waals surface area contributed by atoms with Crippen LogP contribution in [0.3, 0.4) is 0 Å². The first-order valence-corrected chi connectivity index (χ1v) is 5.63. The average molecular weight is 288 g/mol. The Labute approximate surface area is 114 Å². The van der Waals surface area contributed by atoms with E-state index < -0.39 is 39.6 Å². The maximum Gasteiger partial charge on any atom is 0.414 e. The normalized spacial score (nSPS) is 11.1. The minimum atomic E-state index is -1.36. The standard InChI is InChI=1S/C12H14F2N2O4/c1-12(2,3)20-11(17)15(4)9-6-7(13)5-8(14)10(9)16(18)19/h5-6H,1-4H3. The molecule has 0 aliphatic heterocycles. The molecule has 0 spiro atoms. The molecule has 8 heteroatoms. The molecule has 0 radical (unpaired) electrons. The zero-order valence-electron chi connectivity index (χ0n) is 11.4. The van der Waals surface area contributed by atoms with Crippen LogP contribution in [0, 0.1) is 21.7 Å². The van der Waals surface area contributed by atoms with Crippen LogP contribution in [0.15, 0.2) is 12.1 Å². The van der Waals surface area contributed by atoms with Crippen LogP contribution in [0.5, 0.6) is 0 Å². The summed E-state index contributed by atoms with van der Waals surface area (Å²) in [5.74, 6) is -2.39. The van der Waals surface area contributed by atoms with Crippen LogP contribution in [0.1, 0.15) is 20.8 Å². The molecule has 6 nitrogen and oxygen atoms in total. The monoisotopic (exact) mass is 288 g/mol. The molecular weight excluding hydrogens is 274 g/mol. The lowest BCUT2D eigenvalue weighted by Crippen LogP contribution is -2.34. The molecule has 0 N–H and O–H groups in total. The summed E-state index contributed by atoms with van der Waals surface area (Å²) in [6, 6.07) is 1.08. The number of hydrogen-bond donors (Lipinski definition) is 0. The summed E-state index contributed by atoms with van der Waals surface area (Å²) >= 11 is 0. The van der Waals surface area contributed by atoms with E-state index in [9.17, 15) is 23.7 Å². The van der Waals surface area contributed by atoms with Crippen molar-refractivity contribution >= 4 is 17.5 Å². The fraction of sp³-hybridized carbons (Fsp3) is 0.417. The second kappa shape index (κ2) is 5.40. The highest BCUT2D eigenvalue weighted by Crippen LogP contribution is 2.32. The van der Waals surface area contributed by atoms with Gasteiger partial charge in [-0.3, -0.25) is 15.0 Å². The maximum atomic E-state index is 13.5. The van der Waals surface area contributed by atoms with Crippen molar-refractivity contribution in [1.82, 2.24) is 0 Å². The first-order valence-electron chi connectivity index (χ1n) is 5.63. The SMILES string of the molecule is CN(C(=O)OC(C)(C)C)c1cc(F)cc(F)c1[N+](=O)[O-]. The molecule has 1 amide bonds. The van der Waals surface area contributed by atoms with Crippen LogP contribution >= 0.6 is 0 Å². The zero-order chi connectivity index (χ0) is 15.7. The van der Waals surface area contributed by atoms with Crippen molar-refractivity contribution < 1.29 is 23.2 Å². The highest BCUT2D eigenvalue weighted by atomic mass is 19.1. The van der Waals surface area contributed by atoms with Crippen LogP contribution in [0.2, 0.25) is 0 Å². The van der Waals surface area contributed by atoms with E-state index >= 15 is 0 Å². The zero-order valence-corrected chi connectivity index (χ0v) is 11.4. The predicted octanol–water partition coefficient (Wildman–Crippen LogP) is 3.24. The minimum Gasteiger partial charge on any atom is -0.443 e. The summed E-state index contributed by atoms with van der Waals surface area (Å²) in [4.78, 5) is 22.3. The van der Waals surface area contributed by atoms with Crippen LogP contribution < -0.4 is 4.90 Å². The molecule has 0 saturated heterocycles. The molecule has 0 saturated carbocycles. The highest BCUT2D eigenvalue weighted by molar-refractivity contribution is 5.90. The Bertz CT molecular complexity index is 555. The van der Waals surface area contributed by atoms with Gasteiger partial charge in [0.05, 0.1) is 4.92 Å². The lowest BCUT2D eigenvalue weighted by molar-refractivity contribution is -0.386. The highest BCUT2D eigenvalue weighted by Gasteiger charge is 2.29. The number of hydrogen-bond acceptors (Lipinski definition) is 4. The summed E-state index contributed by atoms with van der Waals surface area (Å²) in [7, 11) is 1.13. The van der Waals surface area contributed by atoms with E-state index in [4.69, 9.17) is 4.74 Å². The fourth-order valence-electron chi connectivity index (χ4n) is 1.42. The van der Waals surface area contributed by atoms with Gasteiger partial charge in [0.2, 0.25) is 5.82 Å². The van der Waals surface area contributed by atoms with Gasteiger partial charge in [-0.2, -0.15) is 4.39 Å². The molecule has 0 unspecified atom stereocenters. The number of carbonyl (C=O) groups is 1. The molecule has 1 aromatic carbocycles. The van der Waals surface area contributed by atoms with Gasteiger partial charge in [0.25, 0.3) is 0 Å². The number of nitrogens with zero attached hydrogens (tertiary/aromatic N) is 2. The molecule has 1 aromatic rings. The Balaban J connectivity index is 3.25. The molecule has 1 rings (SSSR count). The largest absolute Gasteiger partial charge is 0.443 e. The Hall–Kier alpha value is -2.25. The van der Waals surface area contributed by atoms with E-state index in [0.717, 1.165) is 7.05 Å². The number of nitro benzene ring substituents is 1. The molecule has 0 heterocycles. The van der Waals surface area contributed by atoms with Gasteiger partial charge < -0.3 is 4.74 Å². The van der Waals surface area contributed by atoms with E-state index in [-0.39, 0.29) is 0 Å². The summed E-state index contributed by atoms with van der Waals surface area (Å²) in [6.45, 7) is 4.79. The number of benzene rings is 1. The molecule has 0 fully saturated rings. The molecular formula is C12H14F2N2O4. The van der Waals surface area contributed by atoms with Crippen LogP contribution in [-0.4, -0.2) is 23.7 Å². The van der Waals surface area contributed by atoms with Crippen LogP contribution in [-0.2, 0) is 4.74 Å². The quantitative estimate of drug-likeness (QED) is 0.618. The Morgan fingerprint density at radius 2 is 1.90 bits per heavy atom. The third kappa shape index (κ3) is 3.62. The third-order valence-electron chi connectivity index (χ3n) is 2.22. The number of amides is 1. The molecule has 0 aromatic heterocycles. The van der Waals surface area contributed by atoms with Crippen molar-refractivity contribution in [2.24, 2.45) is 0 Å². The number of ether oxygens (including phenoxy) is 1. The Kier molecular flexibility index (Phi) is 4.26. The van der Waals surface area contributed by atoms with E-state index in [1.165, 1.54) is 0 Å². The number of carbonyl (C=O) groups excluding carboxylic acids is 1. The van der Waals surface area contributed by atoms with E-state index in [2.05, 4.69) is 0 Å². The summed E-state index contributed by atoms with van der Waals surface area (Å²) in [5.41, 5.74) is -2.34. The van der Waals surface area contributed by atoms with Gasteiger partial charge in [-0.15, -0.1) is 0 Å². The van der Waals surface area contributed by atoms with E-state index in [1.807, 2.05) is 0 Å². The van der Waals surface area contributed by atoms with E-state index in [0.29, 0.717) is 17.0 Å². The van der Waals surface area contributed by atoms with Crippen molar-refractivity contribution in [3.05, 3.63) is 33.9 Å². The smallest absolute Gasteiger partial charge is 0.414 e. The van der Waals surface area contributed by atoms with Crippen molar-refractivity contribution in [2.45, 2.75) is 26.4 Å². The van der Waals surface area contributed by atoms with Gasteiger partial charge in [0.15, 0.2) is 0 Å². The maximum absolute atomic E-state index is 13.5. The second-order valence-corrected chi connectivity index (χ2v) is 5.05. The van der Waals surface area contributed by atoms with Gasteiger partial charge in [-0.05, 0) is 20.8 Å². The van der Waals surface area contributed by atoms with Crippen molar-refractivity contribution in [3.8, 4) is 0 Å². The van der Waals surface area contributed by atoms with Gasteiger partial charge in [-0.1, -0.05) is 0 Å². The van der Waals surface area contributed by atoms with Gasteiger partial charge in [0.1, 0.15) is 17.1 Å². The lowest BCUT2D eigenvalue weighted by atomic mass is 10.2. The Morgan fingerprint density at radius 3 is 2.35 bits per heavy atom. The van der Waals surface area contributed by atoms with E-state index in [1.54, 1.807) is 20.8 Å². The van der Waals surface area contributed by atoms with Crippen LogP contribution in [0.25, 0.3) is 0 Å². The molecule has 0 aliphatic rings. The molecule has 110 valence electrons. The fourth-order valence-corrected chi connectivity index (χ4v) is 1.42. The second-order valence-electron chi connectivity index (χ2n) is 5.05. The summed E-state index contributed by atoms with van der Waals surface area (Å²) in [6.07, 6.45) is -0.953. The van der Waals surface area contributed by atoms with Gasteiger partial charge in [-0.25, -0.2) is 9.18 Å². The molecule has 0 atom stereocenters. The average Bonchev–Trinajstić information content (AvgIpc) is 2.23. The topological polar surface area (TPSA) is 72.7 Å². The number of anilines is 1. The van der Waals surface area contributed by atoms with Crippen molar-refractivity contribution in [3.63, 3.8) is 0 Å². The summed E-state index contributed by atoms with van der Waals surface area (Å²) < 4.78 is 31.6. The first kappa shape index (κ1) is 15.8. The van der Waals surface area contributed by atoms with Gasteiger partial charge >= 0.3 is 11.8 Å². The number of nitro groups is 1. The minimum absolute atomic E-state index is 0.380. The predicted molar refractivity (Wildman–Crippen MR) is 67.6 cm³/mol. The summed E-state index contributed by atoms with van der Waals surface area (Å²) in [5, 5.41) is 10.8. The van der Waals surface area contributed by atoms with Crippen LogP contribution in [0.4, 0.5) is 25.0 Å².